The van der Waals surface area contributed by atoms with Crippen LogP contribution in [0.1, 0.15) is 20.8 Å². The van der Waals surface area contributed by atoms with E-state index in [1.807, 2.05) is 0 Å². The number of hydrogen-bond donors (Lipinski definition) is 2. The molecule has 0 aliphatic rings. The summed E-state index contributed by atoms with van der Waals surface area (Å²) in [6.45, 7) is 0. The number of halogens is 1. The molecule has 0 saturated heterocycles. The first-order valence-electron chi connectivity index (χ1n) is 2.72. The highest BCUT2D eigenvalue weighted by Crippen LogP contribution is 2.13. The third-order valence-electron chi connectivity index (χ3n) is 1.16. The molecule has 58 valence electrons. The topological polar surface area (TPSA) is 70.2 Å². The van der Waals surface area contributed by atoms with E-state index >= 15 is 0 Å². The van der Waals surface area contributed by atoms with Crippen molar-refractivity contribution in [2.24, 2.45) is 0 Å². The first-order chi connectivity index (χ1) is 5.15. The lowest BCUT2D eigenvalue weighted by Crippen LogP contribution is -1.98. The van der Waals surface area contributed by atoms with Crippen molar-refractivity contribution in [3.63, 3.8) is 0 Å². The van der Waals surface area contributed by atoms with Crippen LogP contribution in [0.25, 0.3) is 0 Å². The van der Waals surface area contributed by atoms with Crippen LogP contribution in [0, 0.1) is 0 Å². The minimum Gasteiger partial charge on any atom is -0.478 e. The number of H-pyrrole nitrogens is 1. The van der Waals surface area contributed by atoms with Crippen molar-refractivity contribution in [3.8, 4) is 0 Å². The Kier molecular flexibility index (Phi) is 1.96. The lowest BCUT2D eigenvalue weighted by atomic mass is 10.2. The fourth-order valence-electron chi connectivity index (χ4n) is 0.706. The van der Waals surface area contributed by atoms with E-state index in [9.17, 15) is 9.59 Å². The zero-order valence-electron chi connectivity index (χ0n) is 5.30. The standard InChI is InChI=1S/C6H4ClNO3/c7-5-1-3(6(10)11)4(2-9)8-5/h1-2,8H,(H,10,11). The number of carbonyl (C=O) groups excluding carboxylic acids is 1. The fraction of sp³-hybridized carbons (Fsp3) is 0. The minimum absolute atomic E-state index is 0.0116. The molecule has 5 heteroatoms. The van der Waals surface area contributed by atoms with E-state index in [1.54, 1.807) is 0 Å². The number of carboxylic acids is 1. The molecule has 0 fully saturated rings. The van der Waals surface area contributed by atoms with Gasteiger partial charge in [0.1, 0.15) is 5.15 Å². The molecule has 0 amide bonds. The molecule has 11 heavy (non-hydrogen) atoms. The second-order valence-corrected chi connectivity index (χ2v) is 2.27. The van der Waals surface area contributed by atoms with Crippen molar-refractivity contribution in [3.05, 3.63) is 22.5 Å². The van der Waals surface area contributed by atoms with Crippen LogP contribution >= 0.6 is 11.6 Å². The summed E-state index contributed by atoms with van der Waals surface area (Å²) in [5.41, 5.74) is -0.118. The quantitative estimate of drug-likeness (QED) is 0.660. The third kappa shape index (κ3) is 1.40. The Balaban J connectivity index is 3.22. The van der Waals surface area contributed by atoms with Crippen LogP contribution in [0.4, 0.5) is 0 Å². The number of aldehydes is 1. The van der Waals surface area contributed by atoms with Gasteiger partial charge in [0.05, 0.1) is 11.3 Å². The Morgan fingerprint density at radius 3 is 2.73 bits per heavy atom. The van der Waals surface area contributed by atoms with Crippen LogP contribution in [0.3, 0.4) is 0 Å². The van der Waals surface area contributed by atoms with Gasteiger partial charge in [-0.25, -0.2) is 4.79 Å². The van der Waals surface area contributed by atoms with E-state index in [0.29, 0.717) is 6.29 Å². The smallest absolute Gasteiger partial charge is 0.338 e. The molecular formula is C6H4ClNO3. The van der Waals surface area contributed by atoms with Gasteiger partial charge >= 0.3 is 5.97 Å². The summed E-state index contributed by atoms with van der Waals surface area (Å²) >= 11 is 5.41. The van der Waals surface area contributed by atoms with Crippen molar-refractivity contribution >= 4 is 23.9 Å². The van der Waals surface area contributed by atoms with Crippen LogP contribution in [0.2, 0.25) is 5.15 Å². The average molecular weight is 174 g/mol. The molecule has 0 unspecified atom stereocenters. The molecule has 0 aliphatic heterocycles. The van der Waals surface area contributed by atoms with Gasteiger partial charge in [0, 0.05) is 0 Å². The van der Waals surface area contributed by atoms with Crippen molar-refractivity contribution in [2.45, 2.75) is 0 Å². The Labute approximate surface area is 66.8 Å². The second-order valence-electron chi connectivity index (χ2n) is 1.87. The van der Waals surface area contributed by atoms with Gasteiger partial charge in [-0.2, -0.15) is 0 Å². The van der Waals surface area contributed by atoms with Crippen molar-refractivity contribution in [2.75, 3.05) is 0 Å². The lowest BCUT2D eigenvalue weighted by Gasteiger charge is -1.86. The largest absolute Gasteiger partial charge is 0.478 e. The molecule has 0 saturated carbocycles. The molecule has 2 N–H and O–H groups in total. The van der Waals surface area contributed by atoms with Crippen molar-refractivity contribution in [1.82, 2.24) is 4.98 Å². The predicted octanol–water partition coefficient (Wildman–Crippen LogP) is 1.18. The van der Waals surface area contributed by atoms with E-state index < -0.39 is 5.97 Å². The molecule has 1 heterocycles. The number of carboxylic acid groups (broad SMARTS) is 1. The van der Waals surface area contributed by atoms with Crippen LogP contribution in [0.15, 0.2) is 6.07 Å². The van der Waals surface area contributed by atoms with E-state index in [0.717, 1.165) is 0 Å². The number of carbonyl (C=O) groups is 2. The Morgan fingerprint density at radius 2 is 2.36 bits per heavy atom. The highest BCUT2D eigenvalue weighted by Gasteiger charge is 2.12. The second kappa shape index (κ2) is 2.75. The maximum absolute atomic E-state index is 10.4. The molecule has 4 nitrogen and oxygen atoms in total. The van der Waals surface area contributed by atoms with Gasteiger partial charge < -0.3 is 10.1 Å². The Hall–Kier alpha value is -1.29. The van der Waals surface area contributed by atoms with Gasteiger partial charge in [-0.3, -0.25) is 4.79 Å². The molecule has 0 aliphatic carbocycles. The number of aromatic nitrogens is 1. The fourth-order valence-corrected chi connectivity index (χ4v) is 0.917. The zero-order valence-corrected chi connectivity index (χ0v) is 6.05. The maximum atomic E-state index is 10.4. The summed E-state index contributed by atoms with van der Waals surface area (Å²) < 4.78 is 0. The van der Waals surface area contributed by atoms with Crippen LogP contribution < -0.4 is 0 Å². The SMILES string of the molecule is O=Cc1[nH]c(Cl)cc1C(=O)O. The van der Waals surface area contributed by atoms with E-state index in [2.05, 4.69) is 4.98 Å². The van der Waals surface area contributed by atoms with E-state index in [4.69, 9.17) is 16.7 Å². The van der Waals surface area contributed by atoms with Gasteiger partial charge in [0.25, 0.3) is 0 Å². The molecule has 0 atom stereocenters. The highest BCUT2D eigenvalue weighted by atomic mass is 35.5. The number of rotatable bonds is 2. The summed E-state index contributed by atoms with van der Waals surface area (Å²) in [5.74, 6) is -1.17. The number of aromatic carboxylic acids is 1. The first kappa shape index (κ1) is 7.81. The van der Waals surface area contributed by atoms with Crippen LogP contribution in [-0.4, -0.2) is 22.3 Å². The van der Waals surface area contributed by atoms with Crippen molar-refractivity contribution < 1.29 is 14.7 Å². The Bertz CT molecular complexity index is 305. The molecule has 1 aromatic rings. The molecule has 0 bridgehead atoms. The third-order valence-corrected chi connectivity index (χ3v) is 1.37. The molecule has 0 spiro atoms. The van der Waals surface area contributed by atoms with Gasteiger partial charge in [0.2, 0.25) is 0 Å². The molecule has 0 aromatic carbocycles. The summed E-state index contributed by atoms with van der Waals surface area (Å²) in [7, 11) is 0. The predicted molar refractivity (Wildman–Crippen MR) is 38.1 cm³/mol. The number of hydrogen-bond acceptors (Lipinski definition) is 2. The molecule has 1 aromatic heterocycles. The van der Waals surface area contributed by atoms with Gasteiger partial charge in [-0.05, 0) is 6.07 Å². The minimum atomic E-state index is -1.17. The van der Waals surface area contributed by atoms with Gasteiger partial charge in [-0.15, -0.1) is 0 Å². The van der Waals surface area contributed by atoms with Crippen LogP contribution in [0.5, 0.6) is 0 Å². The lowest BCUT2D eigenvalue weighted by molar-refractivity contribution is 0.0694. The van der Waals surface area contributed by atoms with Gasteiger partial charge in [-0.1, -0.05) is 11.6 Å². The summed E-state index contributed by atoms with van der Waals surface area (Å²) in [5, 5.41) is 8.62. The molecule has 1 rings (SSSR count). The molecule has 0 radical (unpaired) electrons. The first-order valence-corrected chi connectivity index (χ1v) is 3.10. The summed E-state index contributed by atoms with van der Waals surface area (Å²) in [6.07, 6.45) is 0.412. The van der Waals surface area contributed by atoms with Crippen molar-refractivity contribution in [1.29, 1.82) is 0 Å². The van der Waals surface area contributed by atoms with E-state index in [1.165, 1.54) is 6.07 Å². The summed E-state index contributed by atoms with van der Waals surface area (Å²) in [4.78, 5) is 22.9. The average Bonchev–Trinajstić information content (AvgIpc) is 2.30. The Morgan fingerprint density at radius 1 is 1.73 bits per heavy atom. The normalized spacial score (nSPS) is 9.55. The molecular weight excluding hydrogens is 170 g/mol. The number of aromatic amines is 1. The number of nitrogens with one attached hydrogen (secondary N) is 1. The van der Waals surface area contributed by atoms with E-state index in [-0.39, 0.29) is 16.4 Å². The van der Waals surface area contributed by atoms with Gasteiger partial charge in [0.15, 0.2) is 6.29 Å². The highest BCUT2D eigenvalue weighted by molar-refractivity contribution is 6.30. The maximum Gasteiger partial charge on any atom is 0.338 e. The monoisotopic (exact) mass is 173 g/mol. The zero-order chi connectivity index (χ0) is 8.43. The summed E-state index contributed by atoms with van der Waals surface area (Å²) in [6, 6.07) is 1.19. The van der Waals surface area contributed by atoms with Crippen LogP contribution in [-0.2, 0) is 0 Å².